The molecule has 3 N–H and O–H groups in total. The first kappa shape index (κ1) is 15.0. The molecule has 0 atom stereocenters. The third-order valence-corrected chi connectivity index (χ3v) is 3.01. The first-order chi connectivity index (χ1) is 9.08. The summed E-state index contributed by atoms with van der Waals surface area (Å²) >= 11 is 1.36. The predicted octanol–water partition coefficient (Wildman–Crippen LogP) is 0.0957. The van der Waals surface area contributed by atoms with Crippen molar-refractivity contribution in [2.75, 3.05) is 18.8 Å². The number of nitrogens with one attached hydrogen (secondary N) is 2. The number of aliphatic carboxylic acids is 1. The minimum absolute atomic E-state index is 0.205. The molecular weight excluding hydrogens is 268 g/mol. The van der Waals surface area contributed by atoms with E-state index in [4.69, 9.17) is 5.11 Å². The lowest BCUT2D eigenvalue weighted by Crippen LogP contribution is -2.39. The zero-order valence-corrected chi connectivity index (χ0v) is 10.9. The summed E-state index contributed by atoms with van der Waals surface area (Å²) < 4.78 is 0. The van der Waals surface area contributed by atoms with Crippen LogP contribution in [0.2, 0.25) is 0 Å². The van der Waals surface area contributed by atoms with E-state index in [0.29, 0.717) is 0 Å². The van der Waals surface area contributed by atoms with Crippen LogP contribution in [0.1, 0.15) is 0 Å². The molecule has 0 aromatic heterocycles. The molecule has 2 amide bonds. The zero-order chi connectivity index (χ0) is 14.1. The number of carboxylic acid groups (broad SMARTS) is 1. The number of hydrogen-bond donors (Lipinski definition) is 3. The molecule has 0 aliphatic carbocycles. The van der Waals surface area contributed by atoms with Crippen LogP contribution in [0.3, 0.4) is 0 Å². The Morgan fingerprint density at radius 3 is 2.26 bits per heavy atom. The lowest BCUT2D eigenvalue weighted by atomic mass is 10.4. The predicted molar refractivity (Wildman–Crippen MR) is 70.8 cm³/mol. The van der Waals surface area contributed by atoms with Crippen LogP contribution in [0.25, 0.3) is 0 Å². The molecule has 0 radical (unpaired) electrons. The minimum atomic E-state index is -1.13. The van der Waals surface area contributed by atoms with Crippen LogP contribution in [0.15, 0.2) is 35.2 Å². The molecule has 1 aromatic rings. The summed E-state index contributed by atoms with van der Waals surface area (Å²) in [5, 5.41) is 12.9. The molecule has 0 unspecified atom stereocenters. The Balaban J connectivity index is 2.17. The Kier molecular flexibility index (Phi) is 6.45. The van der Waals surface area contributed by atoms with Crippen molar-refractivity contribution in [2.45, 2.75) is 4.90 Å². The summed E-state index contributed by atoms with van der Waals surface area (Å²) in [6.45, 7) is -0.672. The molecule has 1 rings (SSSR count). The molecule has 102 valence electrons. The Labute approximate surface area is 114 Å². The van der Waals surface area contributed by atoms with Gasteiger partial charge in [0, 0.05) is 4.90 Å². The fourth-order valence-electron chi connectivity index (χ4n) is 1.13. The van der Waals surface area contributed by atoms with Gasteiger partial charge in [-0.05, 0) is 12.1 Å². The smallest absolute Gasteiger partial charge is 0.322 e. The first-order valence-electron chi connectivity index (χ1n) is 5.51. The summed E-state index contributed by atoms with van der Waals surface area (Å²) in [4.78, 5) is 33.7. The second kappa shape index (κ2) is 8.15. The van der Waals surface area contributed by atoms with E-state index in [2.05, 4.69) is 10.6 Å². The molecule has 6 nitrogen and oxygen atoms in total. The van der Waals surface area contributed by atoms with Gasteiger partial charge in [-0.3, -0.25) is 14.4 Å². The van der Waals surface area contributed by atoms with Crippen molar-refractivity contribution >= 4 is 29.5 Å². The highest BCUT2D eigenvalue weighted by atomic mass is 32.2. The third-order valence-electron chi connectivity index (χ3n) is 2.00. The maximum absolute atomic E-state index is 11.4. The quantitative estimate of drug-likeness (QED) is 0.616. The number of carbonyl (C=O) groups excluding carboxylic acids is 2. The van der Waals surface area contributed by atoms with Crippen molar-refractivity contribution in [3.05, 3.63) is 30.3 Å². The maximum atomic E-state index is 11.4. The molecule has 7 heteroatoms. The maximum Gasteiger partial charge on any atom is 0.322 e. The van der Waals surface area contributed by atoms with Crippen LogP contribution in [0.4, 0.5) is 0 Å². The monoisotopic (exact) mass is 282 g/mol. The van der Waals surface area contributed by atoms with Gasteiger partial charge in [-0.15, -0.1) is 11.8 Å². The first-order valence-corrected chi connectivity index (χ1v) is 6.49. The molecular formula is C12H14N2O4S. The Hall–Kier alpha value is -2.02. The number of rotatable bonds is 7. The summed E-state index contributed by atoms with van der Waals surface area (Å²) in [5.41, 5.74) is 0. The van der Waals surface area contributed by atoms with Crippen LogP contribution in [-0.2, 0) is 14.4 Å². The van der Waals surface area contributed by atoms with Crippen molar-refractivity contribution < 1.29 is 19.5 Å². The molecule has 0 fully saturated rings. The van der Waals surface area contributed by atoms with E-state index >= 15 is 0 Å². The average Bonchev–Trinajstić information content (AvgIpc) is 2.41. The Morgan fingerprint density at radius 1 is 1.00 bits per heavy atom. The van der Waals surface area contributed by atoms with Crippen molar-refractivity contribution in [1.29, 1.82) is 0 Å². The van der Waals surface area contributed by atoms with E-state index in [1.165, 1.54) is 11.8 Å². The van der Waals surface area contributed by atoms with Crippen molar-refractivity contribution in [1.82, 2.24) is 10.6 Å². The SMILES string of the molecule is O=C(O)CNC(=O)CNC(=O)CSc1ccccc1. The largest absolute Gasteiger partial charge is 0.480 e. The molecule has 0 heterocycles. The topological polar surface area (TPSA) is 95.5 Å². The highest BCUT2D eigenvalue weighted by molar-refractivity contribution is 8.00. The average molecular weight is 282 g/mol. The lowest BCUT2D eigenvalue weighted by molar-refractivity contribution is -0.137. The summed E-state index contributed by atoms with van der Waals surface area (Å²) in [6, 6.07) is 9.41. The number of hydrogen-bond acceptors (Lipinski definition) is 4. The van der Waals surface area contributed by atoms with Crippen LogP contribution in [-0.4, -0.2) is 41.7 Å². The molecule has 0 aliphatic rings. The molecule has 0 spiro atoms. The second-order valence-electron chi connectivity index (χ2n) is 3.55. The molecule has 0 saturated heterocycles. The van der Waals surface area contributed by atoms with Crippen molar-refractivity contribution in [3.63, 3.8) is 0 Å². The summed E-state index contributed by atoms with van der Waals surface area (Å²) in [7, 11) is 0. The summed E-state index contributed by atoms with van der Waals surface area (Å²) in [6.07, 6.45) is 0. The number of amides is 2. The van der Waals surface area contributed by atoms with Gasteiger partial charge in [0.05, 0.1) is 12.3 Å². The fraction of sp³-hybridized carbons (Fsp3) is 0.250. The van der Waals surface area contributed by atoms with Gasteiger partial charge in [0.2, 0.25) is 11.8 Å². The number of thioether (sulfide) groups is 1. The van der Waals surface area contributed by atoms with E-state index in [-0.39, 0.29) is 18.2 Å². The van der Waals surface area contributed by atoms with Crippen molar-refractivity contribution in [3.8, 4) is 0 Å². The van der Waals surface area contributed by atoms with E-state index in [1.54, 1.807) is 0 Å². The Morgan fingerprint density at radius 2 is 1.63 bits per heavy atom. The van der Waals surface area contributed by atoms with Crippen LogP contribution >= 0.6 is 11.8 Å². The second-order valence-corrected chi connectivity index (χ2v) is 4.60. The number of carbonyl (C=O) groups is 3. The third kappa shape index (κ3) is 7.10. The van der Waals surface area contributed by atoms with Gasteiger partial charge in [-0.1, -0.05) is 18.2 Å². The van der Waals surface area contributed by atoms with Crippen molar-refractivity contribution in [2.24, 2.45) is 0 Å². The van der Waals surface area contributed by atoms with Gasteiger partial charge in [0.15, 0.2) is 0 Å². The molecule has 0 bridgehead atoms. The van der Waals surface area contributed by atoms with Gasteiger partial charge in [0.1, 0.15) is 6.54 Å². The molecule has 0 aliphatic heterocycles. The van der Waals surface area contributed by atoms with E-state index in [0.717, 1.165) is 4.90 Å². The number of benzene rings is 1. The minimum Gasteiger partial charge on any atom is -0.480 e. The van der Waals surface area contributed by atoms with Crippen LogP contribution in [0.5, 0.6) is 0 Å². The highest BCUT2D eigenvalue weighted by Gasteiger charge is 2.07. The van der Waals surface area contributed by atoms with Crippen LogP contribution in [0, 0.1) is 0 Å². The standard InChI is InChI=1S/C12H14N2O4S/c15-10(14-7-12(17)18)6-13-11(16)8-19-9-4-2-1-3-5-9/h1-5H,6-8H2,(H,13,16)(H,14,15)(H,17,18). The van der Waals surface area contributed by atoms with Gasteiger partial charge < -0.3 is 15.7 Å². The van der Waals surface area contributed by atoms with Crippen LogP contribution < -0.4 is 10.6 Å². The van der Waals surface area contributed by atoms with Gasteiger partial charge in [0.25, 0.3) is 0 Å². The zero-order valence-electron chi connectivity index (χ0n) is 10.1. The van der Waals surface area contributed by atoms with Gasteiger partial charge in [-0.25, -0.2) is 0 Å². The highest BCUT2D eigenvalue weighted by Crippen LogP contribution is 2.15. The number of carboxylic acids is 1. The Bertz CT molecular complexity index is 450. The molecule has 0 saturated carbocycles. The van der Waals surface area contributed by atoms with E-state index in [9.17, 15) is 14.4 Å². The van der Waals surface area contributed by atoms with E-state index in [1.807, 2.05) is 30.3 Å². The lowest BCUT2D eigenvalue weighted by Gasteiger charge is -2.05. The summed E-state index contributed by atoms with van der Waals surface area (Å²) in [5.74, 6) is -1.73. The molecule has 1 aromatic carbocycles. The fourth-order valence-corrected chi connectivity index (χ4v) is 1.88. The van der Waals surface area contributed by atoms with E-state index < -0.39 is 18.4 Å². The normalized spacial score (nSPS) is 9.68. The van der Waals surface area contributed by atoms with Gasteiger partial charge in [-0.2, -0.15) is 0 Å². The molecule has 19 heavy (non-hydrogen) atoms. The van der Waals surface area contributed by atoms with Gasteiger partial charge >= 0.3 is 5.97 Å².